The number of hydrogen-bond donors (Lipinski definition) is 2. The van der Waals surface area contributed by atoms with E-state index in [-0.39, 0.29) is 11.5 Å². The summed E-state index contributed by atoms with van der Waals surface area (Å²) in [5.41, 5.74) is 9.35. The molecule has 2 aliphatic rings. The molecule has 1 aliphatic heterocycles. The van der Waals surface area contributed by atoms with Crippen LogP contribution in [0.4, 0.5) is 0 Å². The zero-order valence-corrected chi connectivity index (χ0v) is 16.3. The smallest absolute Gasteiger partial charge is 0.115 e. The number of benzene rings is 2. The number of fused-ring (bicyclic) bond motifs is 2. The first-order valence-corrected chi connectivity index (χ1v) is 10.4. The molecule has 4 atom stereocenters. The first kappa shape index (κ1) is 18.5. The van der Waals surface area contributed by atoms with E-state index in [2.05, 4.69) is 48.2 Å². The minimum Gasteiger partial charge on any atom is -0.508 e. The second-order valence-corrected chi connectivity index (χ2v) is 8.75. The molecule has 1 saturated heterocycles. The summed E-state index contributed by atoms with van der Waals surface area (Å²) in [5, 5.41) is 10.0. The fraction of sp³-hybridized carbons (Fsp3) is 0.500. The average Bonchev–Trinajstić information content (AvgIpc) is 2.66. The van der Waals surface area contributed by atoms with E-state index in [0.29, 0.717) is 17.7 Å². The SMILES string of the molecule is C[C@H]1CN(CCCc2ccccc2)[C@@H]2C[C@H](N)C[C@@]1(c1cccc(O)c1)C2. The second-order valence-electron chi connectivity index (χ2n) is 8.75. The van der Waals surface area contributed by atoms with Crippen molar-refractivity contribution >= 4 is 0 Å². The number of nitrogens with two attached hydrogens (primary N) is 1. The highest BCUT2D eigenvalue weighted by molar-refractivity contribution is 5.36. The summed E-state index contributed by atoms with van der Waals surface area (Å²) in [6, 6.07) is 19.5. The van der Waals surface area contributed by atoms with Crippen molar-refractivity contribution < 1.29 is 5.11 Å². The van der Waals surface area contributed by atoms with E-state index >= 15 is 0 Å². The van der Waals surface area contributed by atoms with Gasteiger partial charge in [-0.3, -0.25) is 4.90 Å². The van der Waals surface area contributed by atoms with Crippen LogP contribution in [0.1, 0.15) is 43.7 Å². The Morgan fingerprint density at radius 3 is 2.70 bits per heavy atom. The number of aromatic hydroxyl groups is 1. The molecule has 0 unspecified atom stereocenters. The highest BCUT2D eigenvalue weighted by atomic mass is 16.3. The molecule has 4 rings (SSSR count). The third kappa shape index (κ3) is 3.76. The van der Waals surface area contributed by atoms with Gasteiger partial charge in [0.25, 0.3) is 0 Å². The Labute approximate surface area is 163 Å². The van der Waals surface area contributed by atoms with E-state index in [9.17, 15) is 5.11 Å². The van der Waals surface area contributed by atoms with Crippen LogP contribution in [0.15, 0.2) is 54.6 Å². The van der Waals surface area contributed by atoms with E-state index in [1.807, 2.05) is 12.1 Å². The van der Waals surface area contributed by atoms with Gasteiger partial charge in [-0.2, -0.15) is 0 Å². The lowest BCUT2D eigenvalue weighted by molar-refractivity contribution is 0.00191. The summed E-state index contributed by atoms with van der Waals surface area (Å²) in [7, 11) is 0. The number of likely N-dealkylation sites (tertiary alicyclic amines) is 1. The van der Waals surface area contributed by atoms with Crippen molar-refractivity contribution in [3.05, 3.63) is 65.7 Å². The van der Waals surface area contributed by atoms with Crippen LogP contribution in [-0.4, -0.2) is 35.2 Å². The summed E-state index contributed by atoms with van der Waals surface area (Å²) >= 11 is 0. The maximum Gasteiger partial charge on any atom is 0.115 e. The summed E-state index contributed by atoms with van der Waals surface area (Å²) in [6.07, 6.45) is 5.63. The fourth-order valence-corrected chi connectivity index (χ4v) is 5.58. The highest BCUT2D eigenvalue weighted by Crippen LogP contribution is 2.50. The topological polar surface area (TPSA) is 49.5 Å². The number of phenolic OH excluding ortho intramolecular Hbond substituents is 1. The average molecular weight is 365 g/mol. The van der Waals surface area contributed by atoms with Crippen molar-refractivity contribution in [2.45, 2.75) is 56.5 Å². The van der Waals surface area contributed by atoms with Gasteiger partial charge in [-0.15, -0.1) is 0 Å². The normalized spacial score (nSPS) is 31.0. The molecule has 2 aromatic rings. The molecule has 3 nitrogen and oxygen atoms in total. The lowest BCUT2D eigenvalue weighted by Gasteiger charge is -2.56. The van der Waals surface area contributed by atoms with Gasteiger partial charge in [-0.25, -0.2) is 0 Å². The lowest BCUT2D eigenvalue weighted by atomic mass is 9.57. The van der Waals surface area contributed by atoms with E-state index < -0.39 is 0 Å². The maximum absolute atomic E-state index is 10.0. The standard InChI is InChI=1S/C24H32N2O/c1-18-17-26(12-6-9-19-7-3-2-4-8-19)22-14-21(25)15-24(18,16-22)20-10-5-11-23(27)13-20/h2-5,7-8,10-11,13,18,21-22,27H,6,9,12,14-17,25H2,1H3/t18-,21-,22+,24+/m0/s1. The second kappa shape index (κ2) is 7.65. The minimum atomic E-state index is 0.108. The lowest BCUT2D eigenvalue weighted by Crippen LogP contribution is -2.60. The Morgan fingerprint density at radius 2 is 1.93 bits per heavy atom. The van der Waals surface area contributed by atoms with Crippen LogP contribution >= 0.6 is 0 Å². The van der Waals surface area contributed by atoms with Gasteiger partial charge in [0.2, 0.25) is 0 Å². The van der Waals surface area contributed by atoms with Crippen molar-refractivity contribution in [1.82, 2.24) is 4.90 Å². The first-order chi connectivity index (χ1) is 13.1. The van der Waals surface area contributed by atoms with E-state index in [1.165, 1.54) is 17.5 Å². The van der Waals surface area contributed by atoms with Crippen molar-refractivity contribution in [3.8, 4) is 5.75 Å². The van der Waals surface area contributed by atoms with Gasteiger partial charge >= 0.3 is 0 Å². The largest absolute Gasteiger partial charge is 0.508 e. The molecule has 2 aromatic carbocycles. The van der Waals surface area contributed by atoms with Gasteiger partial charge in [0.15, 0.2) is 0 Å². The van der Waals surface area contributed by atoms with Crippen LogP contribution in [-0.2, 0) is 11.8 Å². The van der Waals surface area contributed by atoms with Gasteiger partial charge in [-0.05, 0) is 67.8 Å². The molecule has 0 radical (unpaired) electrons. The predicted octanol–water partition coefficient (Wildman–Crippen LogP) is 4.09. The van der Waals surface area contributed by atoms with Crippen LogP contribution in [0.5, 0.6) is 5.75 Å². The van der Waals surface area contributed by atoms with Gasteiger partial charge < -0.3 is 10.8 Å². The Hall–Kier alpha value is -1.84. The molecule has 0 spiro atoms. The van der Waals surface area contributed by atoms with Gasteiger partial charge in [-0.1, -0.05) is 49.4 Å². The Balaban J connectivity index is 1.48. The van der Waals surface area contributed by atoms with Crippen molar-refractivity contribution in [2.24, 2.45) is 11.7 Å². The zero-order chi connectivity index (χ0) is 18.9. The molecule has 1 heterocycles. The van der Waals surface area contributed by atoms with Crippen LogP contribution in [0.25, 0.3) is 0 Å². The highest BCUT2D eigenvalue weighted by Gasteiger charge is 2.50. The molecule has 0 aromatic heterocycles. The number of nitrogens with zero attached hydrogens (tertiary/aromatic N) is 1. The first-order valence-electron chi connectivity index (χ1n) is 10.4. The van der Waals surface area contributed by atoms with Crippen molar-refractivity contribution in [2.75, 3.05) is 13.1 Å². The van der Waals surface area contributed by atoms with E-state index in [1.54, 1.807) is 6.07 Å². The molecular weight excluding hydrogens is 332 g/mol. The van der Waals surface area contributed by atoms with Crippen LogP contribution in [0.2, 0.25) is 0 Å². The number of rotatable bonds is 5. The van der Waals surface area contributed by atoms with Crippen LogP contribution in [0.3, 0.4) is 0 Å². The third-order valence-electron chi connectivity index (χ3n) is 6.94. The minimum absolute atomic E-state index is 0.108. The Bertz CT molecular complexity index is 762. The van der Waals surface area contributed by atoms with Gasteiger partial charge in [0.1, 0.15) is 5.75 Å². The monoisotopic (exact) mass is 364 g/mol. The quantitative estimate of drug-likeness (QED) is 0.840. The van der Waals surface area contributed by atoms with Crippen molar-refractivity contribution in [3.63, 3.8) is 0 Å². The molecule has 1 saturated carbocycles. The molecule has 144 valence electrons. The number of hydrogen-bond acceptors (Lipinski definition) is 3. The molecule has 1 aliphatic carbocycles. The number of piperidine rings is 1. The Morgan fingerprint density at radius 1 is 1.11 bits per heavy atom. The zero-order valence-electron chi connectivity index (χ0n) is 16.3. The van der Waals surface area contributed by atoms with E-state index in [4.69, 9.17) is 5.73 Å². The van der Waals surface area contributed by atoms with Crippen molar-refractivity contribution in [1.29, 1.82) is 0 Å². The predicted molar refractivity (Wildman–Crippen MR) is 111 cm³/mol. The Kier molecular flexibility index (Phi) is 5.25. The molecule has 2 fully saturated rings. The van der Waals surface area contributed by atoms with Crippen LogP contribution in [0, 0.1) is 5.92 Å². The summed E-state index contributed by atoms with van der Waals surface area (Å²) in [5.74, 6) is 0.911. The molecule has 3 heteroatoms. The van der Waals surface area contributed by atoms with E-state index in [0.717, 1.165) is 38.8 Å². The van der Waals surface area contributed by atoms with Gasteiger partial charge in [0.05, 0.1) is 0 Å². The maximum atomic E-state index is 10.0. The summed E-state index contributed by atoms with van der Waals surface area (Å²) in [4.78, 5) is 2.69. The molecular formula is C24H32N2O. The van der Waals surface area contributed by atoms with Crippen LogP contribution < -0.4 is 5.73 Å². The third-order valence-corrected chi connectivity index (χ3v) is 6.94. The fourth-order valence-electron chi connectivity index (χ4n) is 5.58. The summed E-state index contributed by atoms with van der Waals surface area (Å²) < 4.78 is 0. The number of phenols is 1. The molecule has 3 N–H and O–H groups in total. The molecule has 27 heavy (non-hydrogen) atoms. The molecule has 0 amide bonds. The summed E-state index contributed by atoms with van der Waals surface area (Å²) in [6.45, 7) is 4.65. The number of aryl methyl sites for hydroxylation is 1. The van der Waals surface area contributed by atoms with Gasteiger partial charge in [0, 0.05) is 24.0 Å². The molecule has 2 bridgehead atoms.